The largest absolute Gasteiger partial charge is 0.339 e. The second-order valence-electron chi connectivity index (χ2n) is 8.96. The van der Waals surface area contributed by atoms with E-state index in [-0.39, 0.29) is 17.2 Å². The van der Waals surface area contributed by atoms with E-state index in [2.05, 4.69) is 22.2 Å². The molecule has 5 rings (SSSR count). The quantitative estimate of drug-likeness (QED) is 0.805. The van der Waals surface area contributed by atoms with Gasteiger partial charge in [0.1, 0.15) is 0 Å². The van der Waals surface area contributed by atoms with Gasteiger partial charge in [0.05, 0.1) is 0 Å². The maximum absolute atomic E-state index is 12.9. The van der Waals surface area contributed by atoms with Crippen LogP contribution >= 0.6 is 0 Å². The first-order valence-corrected chi connectivity index (χ1v) is 10.3. The highest BCUT2D eigenvalue weighted by Gasteiger charge is 2.50. The normalized spacial score (nSPS) is 25.0. The Morgan fingerprint density at radius 3 is 2.64 bits per heavy atom. The van der Waals surface area contributed by atoms with Crippen molar-refractivity contribution in [1.29, 1.82) is 0 Å². The van der Waals surface area contributed by atoms with Gasteiger partial charge in [0, 0.05) is 50.8 Å². The van der Waals surface area contributed by atoms with E-state index in [0.717, 1.165) is 56.4 Å². The number of aromatic nitrogens is 4. The van der Waals surface area contributed by atoms with Crippen LogP contribution in [-0.4, -0.2) is 68.9 Å². The van der Waals surface area contributed by atoms with Gasteiger partial charge in [-0.15, -0.1) is 0 Å². The number of amides is 1. The van der Waals surface area contributed by atoms with Crippen LogP contribution in [0.25, 0.3) is 0 Å². The number of carbonyl (C=O) groups excluding carboxylic acids is 1. The number of hydrogen-bond acceptors (Lipinski definition) is 6. The first kappa shape index (κ1) is 17.8. The molecule has 0 bridgehead atoms. The molecule has 1 saturated carbocycles. The van der Waals surface area contributed by atoms with Crippen molar-refractivity contribution in [3.8, 4) is 0 Å². The van der Waals surface area contributed by atoms with Crippen LogP contribution in [0.3, 0.4) is 0 Å². The topological polar surface area (TPSA) is 80.3 Å². The highest BCUT2D eigenvalue weighted by atomic mass is 16.5. The summed E-state index contributed by atoms with van der Waals surface area (Å²) in [6, 6.07) is 1.87. The van der Waals surface area contributed by atoms with E-state index in [1.54, 1.807) is 4.68 Å². The fourth-order valence-corrected chi connectivity index (χ4v) is 4.95. The lowest BCUT2D eigenvalue weighted by atomic mass is 9.70. The SMILES string of the molecule is Cc1cc(C(=O)N2CCC3(CC2)CN(C)CC3c2noc(C3CC3)n2)nn1C. The lowest BCUT2D eigenvalue weighted by molar-refractivity contribution is 0.0555. The highest BCUT2D eigenvalue weighted by Crippen LogP contribution is 2.49. The number of likely N-dealkylation sites (tertiary alicyclic amines) is 2. The minimum Gasteiger partial charge on any atom is -0.339 e. The number of carbonyl (C=O) groups is 1. The summed E-state index contributed by atoms with van der Waals surface area (Å²) in [4.78, 5) is 21.9. The van der Waals surface area contributed by atoms with Gasteiger partial charge in [-0.1, -0.05) is 5.16 Å². The van der Waals surface area contributed by atoms with Gasteiger partial charge >= 0.3 is 0 Å². The Labute approximate surface area is 164 Å². The van der Waals surface area contributed by atoms with Crippen molar-refractivity contribution in [2.45, 2.75) is 44.4 Å². The number of aryl methyl sites for hydroxylation is 2. The van der Waals surface area contributed by atoms with Crippen molar-refractivity contribution in [1.82, 2.24) is 29.7 Å². The zero-order chi connectivity index (χ0) is 19.5. The summed E-state index contributed by atoms with van der Waals surface area (Å²) in [5, 5.41) is 8.71. The number of likely N-dealkylation sites (N-methyl/N-ethyl adjacent to an activating group) is 1. The van der Waals surface area contributed by atoms with E-state index < -0.39 is 0 Å². The molecule has 8 heteroatoms. The van der Waals surface area contributed by atoms with Crippen molar-refractivity contribution >= 4 is 5.91 Å². The van der Waals surface area contributed by atoms with Gasteiger partial charge in [-0.3, -0.25) is 9.48 Å². The summed E-state index contributed by atoms with van der Waals surface area (Å²) in [6.07, 6.45) is 4.27. The van der Waals surface area contributed by atoms with E-state index in [1.807, 2.05) is 24.9 Å². The average molecular weight is 384 g/mol. The molecule has 1 unspecified atom stereocenters. The van der Waals surface area contributed by atoms with Crippen molar-refractivity contribution in [2.75, 3.05) is 33.2 Å². The fourth-order valence-electron chi connectivity index (χ4n) is 4.95. The molecule has 8 nitrogen and oxygen atoms in total. The Hall–Kier alpha value is -2.22. The third-order valence-electron chi connectivity index (χ3n) is 6.89. The Bertz CT molecular complexity index is 871. The molecule has 0 radical (unpaired) electrons. The maximum Gasteiger partial charge on any atom is 0.274 e. The minimum atomic E-state index is 0.0389. The summed E-state index contributed by atoms with van der Waals surface area (Å²) in [7, 11) is 4.04. The van der Waals surface area contributed by atoms with Crippen LogP contribution in [0.2, 0.25) is 0 Å². The minimum absolute atomic E-state index is 0.0389. The summed E-state index contributed by atoms with van der Waals surface area (Å²) < 4.78 is 7.30. The summed E-state index contributed by atoms with van der Waals surface area (Å²) >= 11 is 0. The van der Waals surface area contributed by atoms with Crippen LogP contribution in [0.1, 0.15) is 65.4 Å². The lowest BCUT2D eigenvalue weighted by Crippen LogP contribution is -2.46. The summed E-state index contributed by atoms with van der Waals surface area (Å²) in [6.45, 7) is 5.46. The molecule has 3 aliphatic rings. The van der Waals surface area contributed by atoms with E-state index in [1.165, 1.54) is 12.8 Å². The van der Waals surface area contributed by atoms with Gasteiger partial charge in [0.2, 0.25) is 5.89 Å². The van der Waals surface area contributed by atoms with Crippen LogP contribution in [0.5, 0.6) is 0 Å². The number of hydrogen-bond donors (Lipinski definition) is 0. The highest BCUT2D eigenvalue weighted by molar-refractivity contribution is 5.92. The number of piperidine rings is 1. The van der Waals surface area contributed by atoms with Crippen LogP contribution < -0.4 is 0 Å². The lowest BCUT2D eigenvalue weighted by Gasteiger charge is -2.41. The summed E-state index contributed by atoms with van der Waals surface area (Å²) in [5.41, 5.74) is 1.66. The Kier molecular flexibility index (Phi) is 4.08. The predicted octanol–water partition coefficient (Wildman–Crippen LogP) is 1.94. The van der Waals surface area contributed by atoms with Gasteiger partial charge in [-0.05, 0) is 51.1 Å². The fraction of sp³-hybridized carbons (Fsp3) is 0.700. The Morgan fingerprint density at radius 2 is 2.00 bits per heavy atom. The van der Waals surface area contributed by atoms with Crippen molar-refractivity contribution in [3.05, 3.63) is 29.2 Å². The van der Waals surface area contributed by atoms with Crippen molar-refractivity contribution in [3.63, 3.8) is 0 Å². The molecule has 2 saturated heterocycles. The van der Waals surface area contributed by atoms with E-state index in [0.29, 0.717) is 11.6 Å². The smallest absolute Gasteiger partial charge is 0.274 e. The average Bonchev–Trinajstić information content (AvgIpc) is 3.19. The molecule has 150 valence electrons. The molecule has 1 atom stereocenters. The first-order chi connectivity index (χ1) is 13.4. The third kappa shape index (κ3) is 2.94. The second kappa shape index (κ2) is 6.40. The standard InChI is InChI=1S/C20H28N6O2/c1-13-10-16(22-25(13)3)19(27)26-8-6-20(7-9-26)12-24(2)11-15(20)17-21-18(28-23-17)14-4-5-14/h10,14-15H,4-9,11-12H2,1-3H3. The van der Waals surface area contributed by atoms with E-state index in [4.69, 9.17) is 9.51 Å². The molecule has 2 aliphatic heterocycles. The summed E-state index contributed by atoms with van der Waals surface area (Å²) in [5.74, 6) is 2.49. The van der Waals surface area contributed by atoms with E-state index >= 15 is 0 Å². The molecule has 0 N–H and O–H groups in total. The number of rotatable bonds is 3. The van der Waals surface area contributed by atoms with Crippen LogP contribution in [-0.2, 0) is 7.05 Å². The van der Waals surface area contributed by atoms with Gasteiger partial charge in [0.25, 0.3) is 5.91 Å². The van der Waals surface area contributed by atoms with Crippen molar-refractivity contribution < 1.29 is 9.32 Å². The van der Waals surface area contributed by atoms with Gasteiger partial charge in [0.15, 0.2) is 11.5 Å². The van der Waals surface area contributed by atoms with Gasteiger partial charge in [-0.2, -0.15) is 10.1 Å². The predicted molar refractivity (Wildman–Crippen MR) is 102 cm³/mol. The molecule has 1 amide bonds. The molecule has 1 aliphatic carbocycles. The van der Waals surface area contributed by atoms with Gasteiger partial charge in [-0.25, -0.2) is 0 Å². The maximum atomic E-state index is 12.9. The Balaban J connectivity index is 1.32. The van der Waals surface area contributed by atoms with Crippen molar-refractivity contribution in [2.24, 2.45) is 12.5 Å². The monoisotopic (exact) mass is 384 g/mol. The zero-order valence-corrected chi connectivity index (χ0v) is 16.9. The first-order valence-electron chi connectivity index (χ1n) is 10.3. The molecule has 2 aromatic heterocycles. The Morgan fingerprint density at radius 1 is 1.25 bits per heavy atom. The van der Waals surface area contributed by atoms with E-state index in [9.17, 15) is 4.79 Å². The van der Waals surface area contributed by atoms with Crippen LogP contribution in [0, 0.1) is 12.3 Å². The molecule has 28 heavy (non-hydrogen) atoms. The number of nitrogens with zero attached hydrogens (tertiary/aromatic N) is 6. The molecule has 4 heterocycles. The molecular weight excluding hydrogens is 356 g/mol. The molecule has 3 fully saturated rings. The van der Waals surface area contributed by atoms with Crippen LogP contribution in [0.15, 0.2) is 10.6 Å². The molecule has 0 aromatic carbocycles. The zero-order valence-electron chi connectivity index (χ0n) is 16.9. The van der Waals surface area contributed by atoms with Gasteiger partial charge < -0.3 is 14.3 Å². The molecular formula is C20H28N6O2. The second-order valence-corrected chi connectivity index (χ2v) is 8.96. The molecule has 1 spiro atoms. The van der Waals surface area contributed by atoms with Crippen LogP contribution in [0.4, 0.5) is 0 Å². The molecule has 2 aromatic rings. The third-order valence-corrected chi connectivity index (χ3v) is 6.89.